The molecule has 4 atom stereocenters. The maximum Gasteiger partial charge on any atom is 0.101 e. The maximum atomic E-state index is 4.13. The summed E-state index contributed by atoms with van der Waals surface area (Å²) in [7, 11) is 0. The van der Waals surface area contributed by atoms with Crippen LogP contribution in [0.5, 0.6) is 0 Å². The van der Waals surface area contributed by atoms with Gasteiger partial charge in [0.15, 0.2) is 0 Å². The Labute approximate surface area is 314 Å². The van der Waals surface area contributed by atoms with Crippen LogP contribution >= 0.6 is 22.7 Å². The molecule has 0 radical (unpaired) electrons. The van der Waals surface area contributed by atoms with Gasteiger partial charge in [-0.15, -0.1) is 22.7 Å². The lowest BCUT2D eigenvalue weighted by atomic mass is 9.73. The fourth-order valence-corrected chi connectivity index (χ4v) is 11.9. The number of fused-ring (bicyclic) bond motifs is 12. The molecule has 4 heterocycles. The van der Waals surface area contributed by atoms with Gasteiger partial charge < -0.3 is 9.88 Å². The zero-order valence-electron chi connectivity index (χ0n) is 28.7. The summed E-state index contributed by atoms with van der Waals surface area (Å²) in [5.74, 6) is 0.495. The summed E-state index contributed by atoms with van der Waals surface area (Å²) in [5.41, 5.74) is 9.23. The Morgan fingerprint density at radius 1 is 0.566 bits per heavy atom. The van der Waals surface area contributed by atoms with E-state index in [-0.39, 0.29) is 24.0 Å². The van der Waals surface area contributed by atoms with Gasteiger partial charge in [0.1, 0.15) is 6.17 Å². The minimum Gasteiger partial charge on any atom is -0.358 e. The monoisotopic (exact) mass is 715 g/mol. The van der Waals surface area contributed by atoms with Crippen LogP contribution in [0.15, 0.2) is 163 Å². The van der Waals surface area contributed by atoms with Crippen molar-refractivity contribution in [3.05, 3.63) is 185 Å². The van der Waals surface area contributed by atoms with Crippen LogP contribution in [0.25, 0.3) is 64.5 Å². The van der Waals surface area contributed by atoms with Crippen molar-refractivity contribution in [1.82, 2.24) is 9.88 Å². The van der Waals surface area contributed by atoms with E-state index in [1.54, 1.807) is 0 Å². The molecular weight excluding hydrogens is 683 g/mol. The first-order valence-corrected chi connectivity index (χ1v) is 20.0. The molecule has 12 rings (SSSR count). The molecule has 2 N–H and O–H groups in total. The molecule has 5 heteroatoms. The normalized spacial score (nSPS) is 20.5. The van der Waals surface area contributed by atoms with Gasteiger partial charge in [-0.2, -0.15) is 0 Å². The van der Waals surface area contributed by atoms with Crippen molar-refractivity contribution in [2.45, 2.75) is 18.1 Å². The van der Waals surface area contributed by atoms with Crippen molar-refractivity contribution in [1.29, 1.82) is 0 Å². The second-order valence-electron chi connectivity index (χ2n) is 14.5. The zero-order chi connectivity index (χ0) is 34.6. The molecule has 252 valence electrons. The van der Waals surface area contributed by atoms with E-state index in [0.29, 0.717) is 0 Å². The van der Waals surface area contributed by atoms with Gasteiger partial charge in [0.2, 0.25) is 0 Å². The van der Waals surface area contributed by atoms with Crippen molar-refractivity contribution in [2.24, 2.45) is 5.92 Å². The van der Waals surface area contributed by atoms with Crippen LogP contribution in [0, 0.1) is 5.92 Å². The topological polar surface area (TPSA) is 29.0 Å². The van der Waals surface area contributed by atoms with Gasteiger partial charge in [-0.05, 0) is 74.7 Å². The predicted octanol–water partition coefficient (Wildman–Crippen LogP) is 12.7. The quantitative estimate of drug-likeness (QED) is 0.191. The van der Waals surface area contributed by atoms with Crippen LogP contribution in [0.2, 0.25) is 0 Å². The molecule has 4 unspecified atom stereocenters. The average molecular weight is 716 g/mol. The van der Waals surface area contributed by atoms with Gasteiger partial charge in [-0.25, -0.2) is 0 Å². The molecule has 3 aliphatic rings. The number of hydrogen-bond acceptors (Lipinski definition) is 4. The summed E-state index contributed by atoms with van der Waals surface area (Å²) in [6.07, 6.45) is 11.8. The third-order valence-corrected chi connectivity index (χ3v) is 14.0. The van der Waals surface area contributed by atoms with Crippen molar-refractivity contribution < 1.29 is 0 Å². The highest BCUT2D eigenvalue weighted by Crippen LogP contribution is 2.53. The summed E-state index contributed by atoms with van der Waals surface area (Å²) in [6, 6.07) is 49.2. The first kappa shape index (κ1) is 29.8. The lowest BCUT2D eigenvalue weighted by molar-refractivity contribution is 0.495. The number of rotatable bonds is 3. The molecule has 0 amide bonds. The van der Waals surface area contributed by atoms with Crippen LogP contribution in [0.1, 0.15) is 33.5 Å². The third-order valence-electron chi connectivity index (χ3n) is 11.7. The smallest absolute Gasteiger partial charge is 0.101 e. The molecule has 1 aliphatic heterocycles. The molecule has 0 fully saturated rings. The SMILES string of the molecule is C1=CC2C(C3Nc4sc5ccccc5c4C(c4ccccc4)N3)=Cc3sc4c(-n5c6ccccc6c6cc7ccccc7cc65)cccc4c3C2C=C1. The Balaban J connectivity index is 1.06. The van der Waals surface area contributed by atoms with Crippen LogP contribution < -0.4 is 10.6 Å². The fraction of sp³-hybridized carbons (Fsp3) is 0.0833. The van der Waals surface area contributed by atoms with Crippen molar-refractivity contribution in [3.8, 4) is 5.69 Å². The van der Waals surface area contributed by atoms with E-state index in [1.807, 2.05) is 22.7 Å². The molecule has 0 saturated heterocycles. The number of anilines is 1. The molecule has 9 aromatic rings. The Bertz CT molecular complexity index is 3050. The zero-order valence-corrected chi connectivity index (χ0v) is 30.3. The number of thiophene rings is 2. The number of allylic oxidation sites excluding steroid dienone is 4. The second-order valence-corrected chi connectivity index (χ2v) is 16.6. The maximum absolute atomic E-state index is 4.13. The summed E-state index contributed by atoms with van der Waals surface area (Å²) in [5, 5.41) is 17.2. The largest absolute Gasteiger partial charge is 0.358 e. The highest BCUT2D eigenvalue weighted by atomic mass is 32.1. The standard InChI is InChI=1S/C48H33N3S2/c1-2-13-28(14-3-1)45-44-34-20-9-11-24-41(34)53-48(44)50-47(49-45)37-27-42-43(33-19-7-6-17-31(33)37)35-21-12-23-39(46(35)52-42)51-38-22-10-8-18-32(38)36-25-29-15-4-5-16-30(29)26-40(36)51/h1-27,31,33,45,47,49-50H. The molecule has 3 nitrogen and oxygen atoms in total. The highest BCUT2D eigenvalue weighted by Gasteiger charge is 2.39. The molecule has 6 aromatic carbocycles. The predicted molar refractivity (Wildman–Crippen MR) is 227 cm³/mol. The fourth-order valence-electron chi connectivity index (χ4n) is 9.38. The van der Waals surface area contributed by atoms with Crippen LogP contribution in [-0.2, 0) is 0 Å². The second kappa shape index (κ2) is 11.4. The van der Waals surface area contributed by atoms with Gasteiger partial charge in [0.05, 0.1) is 32.5 Å². The first-order valence-electron chi connectivity index (χ1n) is 18.4. The molecule has 2 aliphatic carbocycles. The van der Waals surface area contributed by atoms with E-state index < -0.39 is 0 Å². The first-order chi connectivity index (χ1) is 26.3. The van der Waals surface area contributed by atoms with Crippen molar-refractivity contribution in [2.75, 3.05) is 5.32 Å². The Morgan fingerprint density at radius 2 is 1.30 bits per heavy atom. The third kappa shape index (κ3) is 4.36. The van der Waals surface area contributed by atoms with Gasteiger partial charge in [-0.3, -0.25) is 5.32 Å². The number of benzene rings is 6. The molecule has 3 aromatic heterocycles. The van der Waals surface area contributed by atoms with E-state index >= 15 is 0 Å². The lowest BCUT2D eigenvalue weighted by Gasteiger charge is -2.40. The number of para-hydroxylation sites is 1. The minimum absolute atomic E-state index is 0.0205. The number of aromatic nitrogens is 1. The van der Waals surface area contributed by atoms with Gasteiger partial charge in [-0.1, -0.05) is 127 Å². The van der Waals surface area contributed by atoms with Crippen LogP contribution in [0.4, 0.5) is 5.00 Å². The van der Waals surface area contributed by atoms with Gasteiger partial charge in [0, 0.05) is 37.7 Å². The molecule has 0 bridgehead atoms. The number of nitrogens with one attached hydrogen (secondary N) is 2. The molecule has 53 heavy (non-hydrogen) atoms. The summed E-state index contributed by atoms with van der Waals surface area (Å²) < 4.78 is 5.17. The highest BCUT2D eigenvalue weighted by molar-refractivity contribution is 7.23. The summed E-state index contributed by atoms with van der Waals surface area (Å²) >= 11 is 3.82. The number of nitrogens with zero attached hydrogens (tertiary/aromatic N) is 1. The minimum atomic E-state index is -0.0205. The van der Waals surface area contributed by atoms with Crippen molar-refractivity contribution >= 4 is 86.5 Å². The van der Waals surface area contributed by atoms with E-state index in [9.17, 15) is 0 Å². The van der Waals surface area contributed by atoms with Gasteiger partial charge in [0.25, 0.3) is 0 Å². The Hall–Kier alpha value is -5.72. The van der Waals surface area contributed by atoms with Crippen LogP contribution in [-0.4, -0.2) is 10.7 Å². The molecule has 0 spiro atoms. The average Bonchev–Trinajstić information content (AvgIpc) is 3.89. The van der Waals surface area contributed by atoms with Crippen LogP contribution in [0.3, 0.4) is 0 Å². The van der Waals surface area contributed by atoms with Gasteiger partial charge >= 0.3 is 0 Å². The summed E-state index contributed by atoms with van der Waals surface area (Å²) in [6.45, 7) is 0. The summed E-state index contributed by atoms with van der Waals surface area (Å²) in [4.78, 5) is 1.36. The van der Waals surface area contributed by atoms with E-state index in [0.717, 1.165) is 0 Å². The Morgan fingerprint density at radius 3 is 2.19 bits per heavy atom. The van der Waals surface area contributed by atoms with E-state index in [2.05, 4.69) is 179 Å². The molecular formula is C48H33N3S2. The molecule has 0 saturated carbocycles. The van der Waals surface area contributed by atoms with E-state index in [1.165, 1.54) is 90.6 Å². The van der Waals surface area contributed by atoms with Crippen molar-refractivity contribution in [3.63, 3.8) is 0 Å². The Kier molecular flexibility index (Phi) is 6.41. The van der Waals surface area contributed by atoms with E-state index in [4.69, 9.17) is 0 Å². The number of hydrogen-bond donors (Lipinski definition) is 2. The lowest BCUT2D eigenvalue weighted by Crippen LogP contribution is -2.46.